The standard InChI is InChI=1S/C13H18F3N5/c1-7-10(20-17)18-11(8-2-3-8)19-12(7)21(9-4-5-9)6-13(14,15)16/h8-9H,2-6,17H2,1H3,(H,18,19,20). The van der Waals surface area contributed by atoms with E-state index in [1.54, 1.807) is 6.92 Å². The van der Waals surface area contributed by atoms with Gasteiger partial charge in [0.15, 0.2) is 0 Å². The average molecular weight is 301 g/mol. The first-order chi connectivity index (χ1) is 9.89. The number of anilines is 2. The van der Waals surface area contributed by atoms with Crippen molar-refractivity contribution in [2.45, 2.75) is 50.7 Å². The number of hydrogen-bond acceptors (Lipinski definition) is 5. The molecule has 0 bridgehead atoms. The molecule has 1 heterocycles. The van der Waals surface area contributed by atoms with E-state index in [0.29, 0.717) is 23.0 Å². The normalized spacial score (nSPS) is 18.7. The predicted octanol–water partition coefficient (Wildman–Crippen LogP) is 2.48. The van der Waals surface area contributed by atoms with Crippen LogP contribution in [0.25, 0.3) is 0 Å². The van der Waals surface area contributed by atoms with Gasteiger partial charge in [0.05, 0.1) is 0 Å². The van der Waals surface area contributed by atoms with Crippen molar-refractivity contribution in [3.63, 3.8) is 0 Å². The monoisotopic (exact) mass is 301 g/mol. The van der Waals surface area contributed by atoms with Gasteiger partial charge in [0.2, 0.25) is 0 Å². The van der Waals surface area contributed by atoms with E-state index in [4.69, 9.17) is 5.84 Å². The number of alkyl halides is 3. The summed E-state index contributed by atoms with van der Waals surface area (Å²) in [6.45, 7) is 0.719. The first-order valence-corrected chi connectivity index (χ1v) is 7.07. The Morgan fingerprint density at radius 3 is 2.38 bits per heavy atom. The van der Waals surface area contributed by atoms with Gasteiger partial charge in [-0.1, -0.05) is 0 Å². The first kappa shape index (κ1) is 14.4. The Balaban J connectivity index is 1.99. The van der Waals surface area contributed by atoms with E-state index in [1.165, 1.54) is 4.90 Å². The average Bonchev–Trinajstić information content (AvgIpc) is 3.28. The van der Waals surface area contributed by atoms with E-state index in [0.717, 1.165) is 25.7 Å². The third kappa shape index (κ3) is 3.20. The summed E-state index contributed by atoms with van der Waals surface area (Å²) >= 11 is 0. The third-order valence-electron chi connectivity index (χ3n) is 3.83. The summed E-state index contributed by atoms with van der Waals surface area (Å²) in [6, 6.07) is -0.0853. The second-order valence-electron chi connectivity index (χ2n) is 5.77. The SMILES string of the molecule is Cc1c(NN)nc(C2CC2)nc1N(CC(F)(F)F)C1CC1. The van der Waals surface area contributed by atoms with Crippen molar-refractivity contribution in [3.05, 3.63) is 11.4 Å². The summed E-state index contributed by atoms with van der Waals surface area (Å²) < 4.78 is 38.5. The molecule has 2 saturated carbocycles. The summed E-state index contributed by atoms with van der Waals surface area (Å²) in [5.74, 6) is 7.07. The molecule has 8 heteroatoms. The lowest BCUT2D eigenvalue weighted by atomic mass is 10.2. The molecule has 3 rings (SSSR count). The smallest absolute Gasteiger partial charge is 0.344 e. The van der Waals surface area contributed by atoms with Crippen LogP contribution in [0.1, 0.15) is 43.0 Å². The summed E-state index contributed by atoms with van der Waals surface area (Å²) in [7, 11) is 0. The van der Waals surface area contributed by atoms with Crippen LogP contribution in [0.5, 0.6) is 0 Å². The molecule has 21 heavy (non-hydrogen) atoms. The molecule has 116 valence electrons. The van der Waals surface area contributed by atoms with Gasteiger partial charge in [-0.05, 0) is 32.6 Å². The molecule has 1 aromatic heterocycles. The molecule has 0 radical (unpaired) electrons. The zero-order valence-corrected chi connectivity index (χ0v) is 11.7. The van der Waals surface area contributed by atoms with Crippen molar-refractivity contribution >= 4 is 11.6 Å². The number of nitrogens with zero attached hydrogens (tertiary/aromatic N) is 3. The van der Waals surface area contributed by atoms with Crippen LogP contribution in [0, 0.1) is 6.92 Å². The fourth-order valence-electron chi connectivity index (χ4n) is 2.42. The van der Waals surface area contributed by atoms with Crippen LogP contribution in [0.3, 0.4) is 0 Å². The Kier molecular flexibility index (Phi) is 3.43. The van der Waals surface area contributed by atoms with E-state index in [1.807, 2.05) is 0 Å². The van der Waals surface area contributed by atoms with Crippen LogP contribution < -0.4 is 16.2 Å². The van der Waals surface area contributed by atoms with Crippen molar-refractivity contribution in [2.75, 3.05) is 16.9 Å². The molecule has 5 nitrogen and oxygen atoms in total. The van der Waals surface area contributed by atoms with Crippen LogP contribution >= 0.6 is 0 Å². The van der Waals surface area contributed by atoms with Crippen molar-refractivity contribution in [1.29, 1.82) is 0 Å². The molecular weight excluding hydrogens is 283 g/mol. The minimum absolute atomic E-state index is 0.0853. The van der Waals surface area contributed by atoms with Gasteiger partial charge in [-0.15, -0.1) is 0 Å². The molecule has 1 aromatic rings. The number of nitrogens with one attached hydrogen (secondary N) is 1. The largest absolute Gasteiger partial charge is 0.405 e. The van der Waals surface area contributed by atoms with Crippen molar-refractivity contribution in [1.82, 2.24) is 9.97 Å². The maximum Gasteiger partial charge on any atom is 0.405 e. The lowest BCUT2D eigenvalue weighted by Crippen LogP contribution is -2.37. The van der Waals surface area contributed by atoms with E-state index >= 15 is 0 Å². The molecule has 0 aliphatic heterocycles. The molecule has 0 aromatic carbocycles. The molecule has 0 spiro atoms. The highest BCUT2D eigenvalue weighted by Gasteiger charge is 2.40. The van der Waals surface area contributed by atoms with E-state index in [9.17, 15) is 13.2 Å². The van der Waals surface area contributed by atoms with Gasteiger partial charge < -0.3 is 10.3 Å². The molecule has 2 fully saturated rings. The summed E-state index contributed by atoms with van der Waals surface area (Å²) in [5.41, 5.74) is 3.04. The third-order valence-corrected chi connectivity index (χ3v) is 3.83. The number of aromatic nitrogens is 2. The molecule has 0 amide bonds. The molecule has 0 saturated heterocycles. The maximum atomic E-state index is 12.8. The number of halogens is 3. The van der Waals surface area contributed by atoms with Crippen LogP contribution in [0.15, 0.2) is 0 Å². The summed E-state index contributed by atoms with van der Waals surface area (Å²) in [5, 5.41) is 0. The Morgan fingerprint density at radius 1 is 1.24 bits per heavy atom. The zero-order chi connectivity index (χ0) is 15.2. The second-order valence-corrected chi connectivity index (χ2v) is 5.77. The van der Waals surface area contributed by atoms with Gasteiger partial charge in [-0.25, -0.2) is 15.8 Å². The highest BCUT2D eigenvalue weighted by Crippen LogP contribution is 2.41. The maximum absolute atomic E-state index is 12.8. The Morgan fingerprint density at radius 2 is 1.90 bits per heavy atom. The molecule has 0 unspecified atom stereocenters. The van der Waals surface area contributed by atoms with Gasteiger partial charge >= 0.3 is 6.18 Å². The quantitative estimate of drug-likeness (QED) is 0.646. The molecule has 0 atom stereocenters. The highest BCUT2D eigenvalue weighted by molar-refractivity contribution is 5.59. The summed E-state index contributed by atoms with van der Waals surface area (Å²) in [6.07, 6.45) is -0.756. The minimum atomic E-state index is -4.25. The number of hydrazine groups is 1. The number of rotatable bonds is 5. The van der Waals surface area contributed by atoms with Crippen LogP contribution in [-0.2, 0) is 0 Å². The fraction of sp³-hybridized carbons (Fsp3) is 0.692. The molecule has 2 aliphatic carbocycles. The molecular formula is C13H18F3N5. The zero-order valence-electron chi connectivity index (χ0n) is 11.7. The highest BCUT2D eigenvalue weighted by atomic mass is 19.4. The number of nitrogens with two attached hydrogens (primary N) is 1. The van der Waals surface area contributed by atoms with E-state index < -0.39 is 12.7 Å². The summed E-state index contributed by atoms with van der Waals surface area (Å²) in [4.78, 5) is 10.1. The topological polar surface area (TPSA) is 67.1 Å². The van der Waals surface area contributed by atoms with Crippen molar-refractivity contribution in [3.8, 4) is 0 Å². The van der Waals surface area contributed by atoms with Gasteiger partial charge in [0, 0.05) is 17.5 Å². The van der Waals surface area contributed by atoms with Crippen molar-refractivity contribution in [2.24, 2.45) is 5.84 Å². The number of nitrogen functional groups attached to an aromatic ring is 1. The van der Waals surface area contributed by atoms with Gasteiger partial charge in [0.1, 0.15) is 24.0 Å². The van der Waals surface area contributed by atoms with Gasteiger partial charge in [-0.2, -0.15) is 13.2 Å². The van der Waals surface area contributed by atoms with Gasteiger partial charge in [-0.3, -0.25) is 0 Å². The Bertz CT molecular complexity index is 537. The molecule has 2 aliphatic rings. The fourth-order valence-corrected chi connectivity index (χ4v) is 2.42. The van der Waals surface area contributed by atoms with E-state index in [2.05, 4.69) is 15.4 Å². The Hall–Kier alpha value is -1.57. The van der Waals surface area contributed by atoms with Crippen LogP contribution in [0.4, 0.5) is 24.8 Å². The lowest BCUT2D eigenvalue weighted by molar-refractivity contribution is -0.120. The minimum Gasteiger partial charge on any atom is -0.344 e. The lowest BCUT2D eigenvalue weighted by Gasteiger charge is -2.27. The van der Waals surface area contributed by atoms with E-state index in [-0.39, 0.29) is 12.0 Å². The first-order valence-electron chi connectivity index (χ1n) is 7.07. The second kappa shape index (κ2) is 5.01. The van der Waals surface area contributed by atoms with Crippen molar-refractivity contribution < 1.29 is 13.2 Å². The number of hydrogen-bond donors (Lipinski definition) is 2. The predicted molar refractivity (Wildman–Crippen MR) is 73.0 cm³/mol. The van der Waals surface area contributed by atoms with Crippen LogP contribution in [0.2, 0.25) is 0 Å². The van der Waals surface area contributed by atoms with Gasteiger partial charge in [0.25, 0.3) is 0 Å². The Labute approximate surface area is 120 Å². The molecule has 3 N–H and O–H groups in total. The van der Waals surface area contributed by atoms with Crippen LogP contribution in [-0.4, -0.2) is 28.7 Å².